The number of nitrogens with one attached hydrogen (secondary N) is 1. The Morgan fingerprint density at radius 3 is 2.21 bits per heavy atom. The highest BCUT2D eigenvalue weighted by molar-refractivity contribution is 6.32. The van der Waals surface area contributed by atoms with Gasteiger partial charge in [0.05, 0.1) is 32.5 Å². The van der Waals surface area contributed by atoms with Crippen molar-refractivity contribution in [2.75, 3.05) is 26.6 Å². The van der Waals surface area contributed by atoms with Gasteiger partial charge in [0.2, 0.25) is 5.75 Å². The maximum atomic E-state index is 12.9. The average molecular weight is 401 g/mol. The SMILES string of the molecule is COc1cc(C(=O)Nc2cc(C)nc3c(C)c(Cl)ccc23)cc(OC)c1OC. The molecule has 1 heterocycles. The molecule has 0 spiro atoms. The molecule has 0 saturated heterocycles. The number of ether oxygens (including phenoxy) is 3. The normalized spacial score (nSPS) is 10.6. The van der Waals surface area contributed by atoms with E-state index in [0.29, 0.717) is 33.5 Å². The Morgan fingerprint density at radius 1 is 1.00 bits per heavy atom. The van der Waals surface area contributed by atoms with Crippen molar-refractivity contribution in [2.45, 2.75) is 13.8 Å². The number of hydrogen-bond acceptors (Lipinski definition) is 5. The van der Waals surface area contributed by atoms with Gasteiger partial charge >= 0.3 is 0 Å². The lowest BCUT2D eigenvalue weighted by atomic mass is 10.1. The molecule has 3 rings (SSSR count). The summed E-state index contributed by atoms with van der Waals surface area (Å²) in [5.74, 6) is 0.937. The molecule has 3 aromatic rings. The summed E-state index contributed by atoms with van der Waals surface area (Å²) in [6.45, 7) is 3.77. The predicted octanol–water partition coefficient (Wildman–Crippen LogP) is 4.78. The van der Waals surface area contributed by atoms with E-state index in [-0.39, 0.29) is 5.91 Å². The summed E-state index contributed by atoms with van der Waals surface area (Å²) in [5, 5.41) is 4.40. The Labute approximate surface area is 168 Å². The van der Waals surface area contributed by atoms with Crippen LogP contribution in [0, 0.1) is 13.8 Å². The third-order valence-corrected chi connectivity index (χ3v) is 4.88. The monoisotopic (exact) mass is 400 g/mol. The molecule has 0 radical (unpaired) electrons. The molecule has 0 aliphatic heterocycles. The van der Waals surface area contributed by atoms with Gasteiger partial charge in [-0.2, -0.15) is 0 Å². The van der Waals surface area contributed by atoms with Gasteiger partial charge in [0.15, 0.2) is 11.5 Å². The fourth-order valence-corrected chi connectivity index (χ4v) is 3.19. The molecule has 28 heavy (non-hydrogen) atoms. The van der Waals surface area contributed by atoms with Gasteiger partial charge in [-0.1, -0.05) is 11.6 Å². The summed E-state index contributed by atoms with van der Waals surface area (Å²) < 4.78 is 16.0. The van der Waals surface area contributed by atoms with E-state index in [1.807, 2.05) is 26.0 Å². The quantitative estimate of drug-likeness (QED) is 0.667. The van der Waals surface area contributed by atoms with E-state index in [2.05, 4.69) is 10.3 Å². The Bertz CT molecular complexity index is 1040. The summed E-state index contributed by atoms with van der Waals surface area (Å²) in [6.07, 6.45) is 0. The van der Waals surface area contributed by atoms with E-state index in [9.17, 15) is 4.79 Å². The molecular weight excluding hydrogens is 380 g/mol. The zero-order chi connectivity index (χ0) is 20.4. The smallest absolute Gasteiger partial charge is 0.255 e. The van der Waals surface area contributed by atoms with Gasteiger partial charge in [-0.3, -0.25) is 9.78 Å². The zero-order valence-corrected chi connectivity index (χ0v) is 17.1. The number of aryl methyl sites for hydroxylation is 2. The fourth-order valence-electron chi connectivity index (χ4n) is 3.04. The van der Waals surface area contributed by atoms with Crippen LogP contribution in [0.4, 0.5) is 5.69 Å². The number of halogens is 1. The number of carbonyl (C=O) groups excluding carboxylic acids is 1. The van der Waals surface area contributed by atoms with Crippen LogP contribution in [-0.2, 0) is 0 Å². The number of fused-ring (bicyclic) bond motifs is 1. The number of anilines is 1. The molecule has 146 valence electrons. The Hall–Kier alpha value is -2.99. The number of pyridine rings is 1. The van der Waals surface area contributed by atoms with Gasteiger partial charge in [-0.15, -0.1) is 0 Å². The molecule has 0 bridgehead atoms. The standard InChI is InChI=1S/C21H21ClN2O4/c1-11-8-16(14-6-7-15(22)12(2)19(14)23-11)24-21(25)13-9-17(26-3)20(28-5)18(10-13)27-4/h6-10H,1-5H3,(H,23,24,25). The molecule has 1 N–H and O–H groups in total. The zero-order valence-electron chi connectivity index (χ0n) is 16.3. The third-order valence-electron chi connectivity index (χ3n) is 4.47. The fraction of sp³-hybridized carbons (Fsp3) is 0.238. The van der Waals surface area contributed by atoms with Crippen LogP contribution in [0.15, 0.2) is 30.3 Å². The summed E-state index contributed by atoms with van der Waals surface area (Å²) in [6, 6.07) is 8.68. The molecule has 2 aromatic carbocycles. The van der Waals surface area contributed by atoms with Crippen molar-refractivity contribution in [2.24, 2.45) is 0 Å². The van der Waals surface area contributed by atoms with Crippen LogP contribution in [0.2, 0.25) is 5.02 Å². The van der Waals surface area contributed by atoms with Gasteiger partial charge in [0, 0.05) is 21.7 Å². The topological polar surface area (TPSA) is 69.7 Å². The number of rotatable bonds is 5. The molecule has 0 atom stereocenters. The third kappa shape index (κ3) is 3.55. The van der Waals surface area contributed by atoms with Crippen LogP contribution in [0.1, 0.15) is 21.6 Å². The second-order valence-corrected chi connectivity index (χ2v) is 6.66. The highest BCUT2D eigenvalue weighted by Crippen LogP contribution is 2.38. The Kier molecular flexibility index (Phi) is 5.61. The van der Waals surface area contributed by atoms with Crippen molar-refractivity contribution in [1.82, 2.24) is 4.98 Å². The first-order chi connectivity index (χ1) is 13.4. The summed E-state index contributed by atoms with van der Waals surface area (Å²) in [5.41, 5.74) is 3.43. The minimum Gasteiger partial charge on any atom is -0.493 e. The molecule has 0 fully saturated rings. The van der Waals surface area contributed by atoms with Crippen molar-refractivity contribution >= 4 is 34.1 Å². The molecule has 7 heteroatoms. The van der Waals surface area contributed by atoms with E-state index < -0.39 is 0 Å². The van der Waals surface area contributed by atoms with Crippen molar-refractivity contribution < 1.29 is 19.0 Å². The molecule has 0 unspecified atom stereocenters. The van der Waals surface area contributed by atoms with Gasteiger partial charge < -0.3 is 19.5 Å². The van der Waals surface area contributed by atoms with E-state index >= 15 is 0 Å². The number of amides is 1. The van der Waals surface area contributed by atoms with Gasteiger partial charge in [0.25, 0.3) is 5.91 Å². The lowest BCUT2D eigenvalue weighted by molar-refractivity contribution is 0.102. The van der Waals surface area contributed by atoms with E-state index in [1.54, 1.807) is 18.2 Å². The van der Waals surface area contributed by atoms with Gasteiger partial charge in [0.1, 0.15) is 0 Å². The number of aromatic nitrogens is 1. The largest absolute Gasteiger partial charge is 0.493 e. The van der Waals surface area contributed by atoms with Crippen LogP contribution in [0.25, 0.3) is 10.9 Å². The highest BCUT2D eigenvalue weighted by Gasteiger charge is 2.18. The summed E-state index contributed by atoms with van der Waals surface area (Å²) in [4.78, 5) is 17.5. The maximum Gasteiger partial charge on any atom is 0.255 e. The Morgan fingerprint density at radius 2 is 1.64 bits per heavy atom. The average Bonchev–Trinajstić information content (AvgIpc) is 2.69. The lowest BCUT2D eigenvalue weighted by Gasteiger charge is -2.15. The summed E-state index contributed by atoms with van der Waals surface area (Å²) in [7, 11) is 4.52. The van der Waals surface area contributed by atoms with Crippen molar-refractivity contribution in [3.05, 3.63) is 52.2 Å². The number of methoxy groups -OCH3 is 3. The first-order valence-electron chi connectivity index (χ1n) is 8.57. The minimum absolute atomic E-state index is 0.307. The number of nitrogens with zero attached hydrogens (tertiary/aromatic N) is 1. The number of hydrogen-bond donors (Lipinski definition) is 1. The second-order valence-electron chi connectivity index (χ2n) is 6.25. The highest BCUT2D eigenvalue weighted by atomic mass is 35.5. The van der Waals surface area contributed by atoms with Gasteiger partial charge in [-0.25, -0.2) is 0 Å². The van der Waals surface area contributed by atoms with E-state index in [4.69, 9.17) is 25.8 Å². The number of benzene rings is 2. The first-order valence-corrected chi connectivity index (χ1v) is 8.95. The van der Waals surface area contributed by atoms with Crippen molar-refractivity contribution in [1.29, 1.82) is 0 Å². The van der Waals surface area contributed by atoms with Crippen LogP contribution >= 0.6 is 11.6 Å². The molecule has 1 amide bonds. The van der Waals surface area contributed by atoms with Crippen LogP contribution in [0.5, 0.6) is 17.2 Å². The predicted molar refractivity (Wildman–Crippen MR) is 110 cm³/mol. The van der Waals surface area contributed by atoms with Crippen LogP contribution in [0.3, 0.4) is 0 Å². The molecule has 0 aliphatic rings. The van der Waals surface area contributed by atoms with Crippen molar-refractivity contribution in [3.8, 4) is 17.2 Å². The minimum atomic E-state index is -0.307. The summed E-state index contributed by atoms with van der Waals surface area (Å²) >= 11 is 6.22. The first kappa shape index (κ1) is 19.8. The molecule has 6 nitrogen and oxygen atoms in total. The number of carbonyl (C=O) groups is 1. The van der Waals surface area contributed by atoms with Crippen molar-refractivity contribution in [3.63, 3.8) is 0 Å². The lowest BCUT2D eigenvalue weighted by Crippen LogP contribution is -2.13. The maximum absolute atomic E-state index is 12.9. The molecular formula is C21H21ClN2O4. The molecule has 1 aromatic heterocycles. The van der Waals surface area contributed by atoms with Gasteiger partial charge in [-0.05, 0) is 49.7 Å². The molecule has 0 saturated carbocycles. The molecule has 0 aliphatic carbocycles. The Balaban J connectivity index is 2.06. The second kappa shape index (κ2) is 7.94. The van der Waals surface area contributed by atoms with Crippen LogP contribution in [-0.4, -0.2) is 32.2 Å². The van der Waals surface area contributed by atoms with Crippen LogP contribution < -0.4 is 19.5 Å². The van der Waals surface area contributed by atoms with E-state index in [0.717, 1.165) is 22.2 Å². The van der Waals surface area contributed by atoms with E-state index in [1.165, 1.54) is 21.3 Å².